The van der Waals surface area contributed by atoms with Crippen LogP contribution in [0, 0.1) is 0 Å². The molecule has 1 aromatic rings. The summed E-state index contributed by atoms with van der Waals surface area (Å²) < 4.78 is 42.3. The average Bonchev–Trinajstić information content (AvgIpc) is 2.76. The van der Waals surface area contributed by atoms with Crippen LogP contribution in [-0.4, -0.2) is 42.7 Å². The fraction of sp³-hybridized carbons (Fsp3) is 0.667. The molecule has 1 rings (SSSR count). The Morgan fingerprint density at radius 3 is 1.32 bits per heavy atom. The molecule has 2 N–H and O–H groups in total. The summed E-state index contributed by atoms with van der Waals surface area (Å²) in [7, 11) is -4.67. The molecule has 10 heteroatoms. The first-order chi connectivity index (χ1) is 15.7. The Morgan fingerprint density at radius 1 is 0.706 bits per heavy atom. The van der Waals surface area contributed by atoms with E-state index < -0.39 is 22.3 Å². The summed E-state index contributed by atoms with van der Waals surface area (Å²) in [5, 5.41) is 0. The van der Waals surface area contributed by atoms with E-state index in [0.29, 0.717) is 24.3 Å². The SMILES string of the molecule is CCCCCCCCOC(=O)c1ccccc1C(=O)OCCCCCCCC.O=S(=O)(O)O.[H-].[Na+]. The van der Waals surface area contributed by atoms with Gasteiger partial charge in [0.25, 0.3) is 0 Å². The molecule has 0 aliphatic heterocycles. The Morgan fingerprint density at radius 2 is 1.00 bits per heavy atom. The van der Waals surface area contributed by atoms with Gasteiger partial charge >= 0.3 is 51.9 Å². The van der Waals surface area contributed by atoms with Gasteiger partial charge in [-0.15, -0.1) is 0 Å². The van der Waals surface area contributed by atoms with Gasteiger partial charge in [-0.25, -0.2) is 9.59 Å². The number of hydrogen-bond donors (Lipinski definition) is 2. The van der Waals surface area contributed by atoms with Crippen molar-refractivity contribution in [2.45, 2.75) is 90.9 Å². The van der Waals surface area contributed by atoms with E-state index in [9.17, 15) is 9.59 Å². The van der Waals surface area contributed by atoms with Crippen molar-refractivity contribution in [3.63, 3.8) is 0 Å². The summed E-state index contributed by atoms with van der Waals surface area (Å²) in [4.78, 5) is 24.7. The number of unbranched alkanes of at least 4 members (excludes halogenated alkanes) is 10. The quantitative estimate of drug-likeness (QED) is 0.150. The van der Waals surface area contributed by atoms with Gasteiger partial charge < -0.3 is 10.9 Å². The largest absolute Gasteiger partial charge is 1.00 e. The standard InChI is InChI=1S/C24H38O4.Na.H2O4S.H/c1-3-5-7-9-11-15-19-27-23(25)21-17-13-14-18-22(21)24(26)28-20-16-12-10-8-6-4-2;;1-5(2,3)4;/h13-14,17-18H,3-12,15-16,19-20H2,1-2H3;;(H2,1,2,3,4);/q;+1;;-1. The summed E-state index contributed by atoms with van der Waals surface area (Å²) in [5.74, 6) is -0.888. The predicted molar refractivity (Wildman–Crippen MR) is 129 cm³/mol. The van der Waals surface area contributed by atoms with Crippen LogP contribution in [-0.2, 0) is 19.9 Å². The van der Waals surface area contributed by atoms with Gasteiger partial charge in [0, 0.05) is 0 Å². The van der Waals surface area contributed by atoms with Gasteiger partial charge in [-0.2, -0.15) is 8.42 Å². The van der Waals surface area contributed by atoms with E-state index >= 15 is 0 Å². The van der Waals surface area contributed by atoms with E-state index in [1.807, 2.05) is 0 Å². The molecule has 192 valence electrons. The van der Waals surface area contributed by atoms with E-state index in [2.05, 4.69) is 13.8 Å². The van der Waals surface area contributed by atoms with Crippen molar-refractivity contribution in [2.24, 2.45) is 0 Å². The van der Waals surface area contributed by atoms with Gasteiger partial charge in [0.05, 0.1) is 24.3 Å². The molecule has 0 saturated carbocycles. The molecule has 0 unspecified atom stereocenters. The van der Waals surface area contributed by atoms with Crippen molar-refractivity contribution in [2.75, 3.05) is 13.2 Å². The number of benzene rings is 1. The molecule has 0 amide bonds. The van der Waals surface area contributed by atoms with Gasteiger partial charge in [-0.1, -0.05) is 90.2 Å². The van der Waals surface area contributed by atoms with Crippen LogP contribution in [0.4, 0.5) is 0 Å². The number of carbonyl (C=O) groups excluding carboxylic acids is 2. The molecule has 0 spiro atoms. The zero-order valence-corrected chi connectivity index (χ0v) is 23.8. The van der Waals surface area contributed by atoms with Gasteiger partial charge in [-0.05, 0) is 25.0 Å². The van der Waals surface area contributed by atoms with E-state index in [-0.39, 0.29) is 31.0 Å². The number of ether oxygens (including phenoxy) is 2. The summed E-state index contributed by atoms with van der Waals surface area (Å²) in [6.45, 7) is 5.17. The fourth-order valence-electron chi connectivity index (χ4n) is 3.09. The Balaban J connectivity index is -0.00000132. The predicted octanol–water partition coefficient (Wildman–Crippen LogP) is 3.18. The first-order valence-electron chi connectivity index (χ1n) is 11.8. The minimum atomic E-state index is -4.67. The maximum atomic E-state index is 12.4. The van der Waals surface area contributed by atoms with Crippen molar-refractivity contribution >= 4 is 22.3 Å². The van der Waals surface area contributed by atoms with Crippen molar-refractivity contribution < 1.29 is 67.6 Å². The van der Waals surface area contributed by atoms with Crippen molar-refractivity contribution in [1.29, 1.82) is 0 Å². The summed E-state index contributed by atoms with van der Waals surface area (Å²) >= 11 is 0. The Kier molecular flexibility index (Phi) is 23.3. The van der Waals surface area contributed by atoms with E-state index in [0.717, 1.165) is 25.7 Å². The third-order valence-corrected chi connectivity index (χ3v) is 4.83. The van der Waals surface area contributed by atoms with Crippen molar-refractivity contribution in [1.82, 2.24) is 0 Å². The van der Waals surface area contributed by atoms with Crippen molar-refractivity contribution in [3.8, 4) is 0 Å². The topological polar surface area (TPSA) is 127 Å². The van der Waals surface area contributed by atoms with Gasteiger partial charge in [0.2, 0.25) is 0 Å². The average molecular weight is 513 g/mol. The molecule has 0 aromatic heterocycles. The van der Waals surface area contributed by atoms with Crippen LogP contribution < -0.4 is 29.6 Å². The molecular weight excluding hydrogens is 471 g/mol. The van der Waals surface area contributed by atoms with E-state index in [4.69, 9.17) is 27.0 Å². The van der Waals surface area contributed by atoms with E-state index in [1.54, 1.807) is 24.3 Å². The molecule has 0 fully saturated rings. The zero-order chi connectivity index (χ0) is 25.0. The first kappa shape index (κ1) is 35.2. The van der Waals surface area contributed by atoms with Crippen LogP contribution in [0.25, 0.3) is 0 Å². The minimum absolute atomic E-state index is 0. The van der Waals surface area contributed by atoms with Gasteiger partial charge in [0.15, 0.2) is 0 Å². The third-order valence-electron chi connectivity index (χ3n) is 4.83. The number of esters is 2. The summed E-state index contributed by atoms with van der Waals surface area (Å²) in [5.41, 5.74) is 0.586. The molecule has 34 heavy (non-hydrogen) atoms. The summed E-state index contributed by atoms with van der Waals surface area (Å²) in [6, 6.07) is 6.74. The molecule has 0 radical (unpaired) electrons. The summed E-state index contributed by atoms with van der Waals surface area (Å²) in [6.07, 6.45) is 13.6. The fourth-order valence-corrected chi connectivity index (χ4v) is 3.09. The normalized spacial score (nSPS) is 10.5. The number of carbonyl (C=O) groups is 2. The molecule has 8 nitrogen and oxygen atoms in total. The van der Waals surface area contributed by atoms with Crippen molar-refractivity contribution in [3.05, 3.63) is 35.4 Å². The molecule has 0 saturated heterocycles. The molecule has 0 atom stereocenters. The third kappa shape index (κ3) is 21.6. The minimum Gasteiger partial charge on any atom is -1.00 e. The monoisotopic (exact) mass is 512 g/mol. The second-order valence-electron chi connectivity index (χ2n) is 7.80. The molecule has 1 aromatic carbocycles. The maximum absolute atomic E-state index is 12.4. The zero-order valence-electron chi connectivity index (χ0n) is 22.0. The molecule has 0 heterocycles. The number of hydrogen-bond acceptors (Lipinski definition) is 6. The molecular formula is C24H41NaO8S. The Hall–Kier alpha value is -0.970. The van der Waals surface area contributed by atoms with Crippen LogP contribution in [0.3, 0.4) is 0 Å². The molecule has 0 aliphatic carbocycles. The van der Waals surface area contributed by atoms with Crippen LogP contribution >= 0.6 is 0 Å². The second-order valence-corrected chi connectivity index (χ2v) is 8.70. The Bertz CT molecular complexity index is 718. The van der Waals surface area contributed by atoms with Gasteiger partial charge in [0.1, 0.15) is 0 Å². The smallest absolute Gasteiger partial charge is 1.00 e. The maximum Gasteiger partial charge on any atom is 1.00 e. The second kappa shape index (κ2) is 22.5. The van der Waals surface area contributed by atoms with Crippen LogP contribution in [0.2, 0.25) is 0 Å². The van der Waals surface area contributed by atoms with Crippen LogP contribution in [0.1, 0.15) is 113 Å². The van der Waals surface area contributed by atoms with Gasteiger partial charge in [-0.3, -0.25) is 9.11 Å². The number of rotatable bonds is 16. The Labute approximate surface area is 228 Å². The molecule has 0 bridgehead atoms. The van der Waals surface area contributed by atoms with Crippen LogP contribution in [0.5, 0.6) is 0 Å². The van der Waals surface area contributed by atoms with E-state index in [1.165, 1.54) is 51.4 Å². The molecule has 0 aliphatic rings. The van der Waals surface area contributed by atoms with Crippen LogP contribution in [0.15, 0.2) is 24.3 Å². The first-order valence-corrected chi connectivity index (χ1v) is 13.2.